The maximum atomic E-state index is 5.33. The molecule has 0 atom stereocenters. The van der Waals surface area contributed by atoms with Crippen LogP contribution in [-0.2, 0) is 4.74 Å². The smallest absolute Gasteiger partial charge is 0.0785 e. The minimum absolute atomic E-state index is 0.667. The molecule has 0 saturated carbocycles. The fourth-order valence-electron chi connectivity index (χ4n) is 0.227. The predicted molar refractivity (Wildman–Crippen MR) is 31.5 cm³/mol. The summed E-state index contributed by atoms with van der Waals surface area (Å²) >= 11 is 5.33. The van der Waals surface area contributed by atoms with Gasteiger partial charge < -0.3 is 4.74 Å². The van der Waals surface area contributed by atoms with Crippen LogP contribution in [0.15, 0.2) is 12.3 Å². The summed E-state index contributed by atoms with van der Waals surface area (Å²) in [6, 6.07) is 0. The van der Waals surface area contributed by atoms with Gasteiger partial charge in [0.1, 0.15) is 0 Å². The third-order valence-electron chi connectivity index (χ3n) is 0.508. The number of ether oxygens (including phenoxy) is 1. The van der Waals surface area contributed by atoms with Gasteiger partial charge in [0.05, 0.1) is 13.4 Å². The van der Waals surface area contributed by atoms with E-state index < -0.39 is 0 Å². The Morgan fingerprint density at radius 1 is 1.71 bits per heavy atom. The molecule has 0 unspecified atom stereocenters. The van der Waals surface area contributed by atoms with E-state index in [0.717, 1.165) is 6.42 Å². The Bertz CT molecular complexity index is 52.0. The van der Waals surface area contributed by atoms with Crippen LogP contribution in [0.4, 0.5) is 0 Å². The third kappa shape index (κ3) is 5.83. The highest BCUT2D eigenvalue weighted by molar-refractivity contribution is 6.17. The van der Waals surface area contributed by atoms with E-state index in [0.29, 0.717) is 5.88 Å². The molecule has 0 aliphatic carbocycles. The van der Waals surface area contributed by atoms with Gasteiger partial charge in [-0.2, -0.15) is 0 Å². The molecule has 0 radical (unpaired) electrons. The van der Waals surface area contributed by atoms with Crippen LogP contribution in [0.1, 0.15) is 6.42 Å². The van der Waals surface area contributed by atoms with E-state index in [2.05, 4.69) is 4.74 Å². The average Bonchev–Trinajstić information content (AvgIpc) is 1.69. The standard InChI is InChI=1S/C5H9ClO/c1-7-5-3-2-4-6/h3,5H,2,4H2,1H3/b5-3+. The highest BCUT2D eigenvalue weighted by Gasteiger charge is 1.69. The normalized spacial score (nSPS) is 10.0. The van der Waals surface area contributed by atoms with Crippen LogP contribution < -0.4 is 0 Å². The number of hydrogen-bond acceptors (Lipinski definition) is 1. The molecule has 0 N–H and O–H groups in total. The van der Waals surface area contributed by atoms with Crippen molar-refractivity contribution in [1.82, 2.24) is 0 Å². The van der Waals surface area contributed by atoms with Gasteiger partial charge in [-0.05, 0) is 12.5 Å². The van der Waals surface area contributed by atoms with Gasteiger partial charge in [-0.1, -0.05) is 0 Å². The van der Waals surface area contributed by atoms with Crippen molar-refractivity contribution in [2.75, 3.05) is 13.0 Å². The van der Waals surface area contributed by atoms with Crippen LogP contribution in [0.2, 0.25) is 0 Å². The van der Waals surface area contributed by atoms with E-state index in [4.69, 9.17) is 11.6 Å². The molecule has 0 aromatic heterocycles. The highest BCUT2D eigenvalue weighted by Crippen LogP contribution is 1.85. The lowest BCUT2D eigenvalue weighted by Gasteiger charge is -1.82. The number of halogens is 1. The van der Waals surface area contributed by atoms with Crippen molar-refractivity contribution in [3.05, 3.63) is 12.3 Å². The molecule has 0 aliphatic rings. The molecular weight excluding hydrogens is 112 g/mol. The summed E-state index contributed by atoms with van der Waals surface area (Å²) in [6.45, 7) is 0. The van der Waals surface area contributed by atoms with Crippen LogP contribution in [0.3, 0.4) is 0 Å². The fraction of sp³-hybridized carbons (Fsp3) is 0.600. The van der Waals surface area contributed by atoms with E-state index in [9.17, 15) is 0 Å². The Hall–Kier alpha value is -0.170. The molecule has 0 saturated heterocycles. The van der Waals surface area contributed by atoms with Crippen LogP contribution in [0.5, 0.6) is 0 Å². The minimum atomic E-state index is 0.667. The zero-order valence-corrected chi connectivity index (χ0v) is 5.11. The van der Waals surface area contributed by atoms with Gasteiger partial charge in [-0.25, -0.2) is 0 Å². The molecule has 42 valence electrons. The fourth-order valence-corrected chi connectivity index (χ4v) is 0.353. The highest BCUT2D eigenvalue weighted by atomic mass is 35.5. The van der Waals surface area contributed by atoms with Crippen LogP contribution in [0, 0.1) is 0 Å². The Labute approximate surface area is 48.9 Å². The molecule has 0 aromatic rings. The number of hydrogen-bond donors (Lipinski definition) is 0. The van der Waals surface area contributed by atoms with Gasteiger partial charge in [0, 0.05) is 5.88 Å². The van der Waals surface area contributed by atoms with Crippen molar-refractivity contribution in [1.29, 1.82) is 0 Å². The molecule has 0 aliphatic heterocycles. The molecule has 7 heavy (non-hydrogen) atoms. The van der Waals surface area contributed by atoms with Gasteiger partial charge in [-0.15, -0.1) is 11.6 Å². The molecule has 0 aromatic carbocycles. The number of methoxy groups -OCH3 is 1. The van der Waals surface area contributed by atoms with E-state index in [1.54, 1.807) is 13.4 Å². The van der Waals surface area contributed by atoms with Crippen molar-refractivity contribution in [2.24, 2.45) is 0 Å². The maximum Gasteiger partial charge on any atom is 0.0785 e. The number of alkyl halides is 1. The topological polar surface area (TPSA) is 9.23 Å². The Morgan fingerprint density at radius 2 is 2.43 bits per heavy atom. The molecule has 2 heteroatoms. The molecule has 0 spiro atoms. The quantitative estimate of drug-likeness (QED) is 0.408. The summed E-state index contributed by atoms with van der Waals surface area (Å²) in [5.74, 6) is 0.667. The van der Waals surface area contributed by atoms with E-state index in [-0.39, 0.29) is 0 Å². The Balaban J connectivity index is 2.78. The van der Waals surface area contributed by atoms with Gasteiger partial charge >= 0.3 is 0 Å². The Morgan fingerprint density at radius 3 is 2.86 bits per heavy atom. The van der Waals surface area contributed by atoms with E-state index in [1.807, 2.05) is 6.08 Å². The first-order valence-corrected chi connectivity index (χ1v) is 2.69. The van der Waals surface area contributed by atoms with Gasteiger partial charge in [0.25, 0.3) is 0 Å². The lowest BCUT2D eigenvalue weighted by Crippen LogP contribution is -1.67. The minimum Gasteiger partial charge on any atom is -0.505 e. The van der Waals surface area contributed by atoms with Gasteiger partial charge in [0.15, 0.2) is 0 Å². The zero-order valence-electron chi connectivity index (χ0n) is 4.36. The first-order chi connectivity index (χ1) is 3.41. The van der Waals surface area contributed by atoms with Crippen LogP contribution in [-0.4, -0.2) is 13.0 Å². The van der Waals surface area contributed by atoms with Crippen LogP contribution >= 0.6 is 11.6 Å². The zero-order chi connectivity index (χ0) is 5.54. The predicted octanol–water partition coefficient (Wildman–Crippen LogP) is 1.78. The van der Waals surface area contributed by atoms with E-state index >= 15 is 0 Å². The summed E-state index contributed by atoms with van der Waals surface area (Å²) in [7, 11) is 1.62. The summed E-state index contributed by atoms with van der Waals surface area (Å²) in [5, 5.41) is 0. The largest absolute Gasteiger partial charge is 0.505 e. The molecule has 0 amide bonds. The number of allylic oxidation sites excluding steroid dienone is 1. The summed E-state index contributed by atoms with van der Waals surface area (Å²) in [5.41, 5.74) is 0. The summed E-state index contributed by atoms with van der Waals surface area (Å²) < 4.78 is 4.60. The maximum absolute atomic E-state index is 5.33. The van der Waals surface area contributed by atoms with Gasteiger partial charge in [-0.3, -0.25) is 0 Å². The second-order valence-corrected chi connectivity index (χ2v) is 1.46. The van der Waals surface area contributed by atoms with Crippen molar-refractivity contribution >= 4 is 11.6 Å². The molecule has 0 rings (SSSR count). The Kier molecular flexibility index (Phi) is 5.69. The molecule has 1 nitrogen and oxygen atoms in total. The summed E-state index contributed by atoms with van der Waals surface area (Å²) in [6.07, 6.45) is 4.39. The van der Waals surface area contributed by atoms with Crippen molar-refractivity contribution < 1.29 is 4.74 Å². The second-order valence-electron chi connectivity index (χ2n) is 1.09. The monoisotopic (exact) mass is 120 g/mol. The second kappa shape index (κ2) is 5.83. The molecular formula is C5H9ClO. The van der Waals surface area contributed by atoms with Gasteiger partial charge in [0.2, 0.25) is 0 Å². The lowest BCUT2D eigenvalue weighted by molar-refractivity contribution is 0.336. The van der Waals surface area contributed by atoms with Crippen molar-refractivity contribution in [2.45, 2.75) is 6.42 Å². The molecule has 0 fully saturated rings. The lowest BCUT2D eigenvalue weighted by atomic mass is 10.5. The molecule has 0 heterocycles. The molecule has 0 bridgehead atoms. The van der Waals surface area contributed by atoms with Crippen LogP contribution in [0.25, 0.3) is 0 Å². The van der Waals surface area contributed by atoms with Crippen molar-refractivity contribution in [3.63, 3.8) is 0 Å². The van der Waals surface area contributed by atoms with Crippen molar-refractivity contribution in [3.8, 4) is 0 Å². The van der Waals surface area contributed by atoms with E-state index in [1.165, 1.54) is 0 Å². The number of rotatable bonds is 3. The first-order valence-electron chi connectivity index (χ1n) is 2.15. The SMILES string of the molecule is CO/C=C/CCCl. The summed E-state index contributed by atoms with van der Waals surface area (Å²) in [4.78, 5) is 0. The average molecular weight is 121 g/mol. The third-order valence-corrected chi connectivity index (χ3v) is 0.726. The first kappa shape index (κ1) is 6.83.